The number of piperidine rings is 1. The van der Waals surface area contributed by atoms with E-state index in [0.29, 0.717) is 6.04 Å². The van der Waals surface area contributed by atoms with E-state index in [2.05, 4.69) is 26.3 Å². The molecule has 1 aliphatic heterocycles. The Hall–Kier alpha value is -0.870. The molecule has 1 aliphatic rings. The van der Waals surface area contributed by atoms with Crippen LogP contribution in [0.5, 0.6) is 0 Å². The SMILES string of the molecule is c1cn2cnc(C3CCCCN3)c2s1. The molecule has 1 unspecified atom stereocenters. The molecule has 3 nitrogen and oxygen atoms in total. The molecular formula is C10H13N3S. The summed E-state index contributed by atoms with van der Waals surface area (Å²) in [7, 11) is 0. The Morgan fingerprint density at radius 2 is 2.50 bits per heavy atom. The molecule has 3 heterocycles. The molecule has 0 aromatic carbocycles. The van der Waals surface area contributed by atoms with E-state index in [1.54, 1.807) is 11.3 Å². The summed E-state index contributed by atoms with van der Waals surface area (Å²) in [6.07, 6.45) is 7.83. The Balaban J connectivity index is 1.99. The summed E-state index contributed by atoms with van der Waals surface area (Å²) in [6.45, 7) is 1.13. The van der Waals surface area contributed by atoms with Crippen molar-refractivity contribution in [3.8, 4) is 0 Å². The Bertz CT molecular complexity index is 425. The summed E-state index contributed by atoms with van der Waals surface area (Å²) < 4.78 is 2.11. The van der Waals surface area contributed by atoms with Gasteiger partial charge >= 0.3 is 0 Å². The fourth-order valence-corrected chi connectivity index (χ4v) is 2.94. The van der Waals surface area contributed by atoms with Gasteiger partial charge in [-0.1, -0.05) is 6.42 Å². The minimum Gasteiger partial charge on any atom is -0.309 e. The molecule has 14 heavy (non-hydrogen) atoms. The van der Waals surface area contributed by atoms with Crippen molar-refractivity contribution >= 4 is 16.2 Å². The summed E-state index contributed by atoms with van der Waals surface area (Å²) in [6, 6.07) is 0.479. The Labute approximate surface area is 86.8 Å². The summed E-state index contributed by atoms with van der Waals surface area (Å²) in [5.41, 5.74) is 1.24. The van der Waals surface area contributed by atoms with E-state index in [1.165, 1.54) is 29.8 Å². The molecule has 0 amide bonds. The minimum atomic E-state index is 0.479. The minimum absolute atomic E-state index is 0.479. The zero-order chi connectivity index (χ0) is 9.38. The molecule has 2 aromatic rings. The zero-order valence-corrected chi connectivity index (χ0v) is 8.76. The molecule has 74 valence electrons. The van der Waals surface area contributed by atoms with E-state index in [1.807, 2.05) is 6.33 Å². The molecule has 1 N–H and O–H groups in total. The van der Waals surface area contributed by atoms with Gasteiger partial charge < -0.3 is 5.32 Å². The van der Waals surface area contributed by atoms with Gasteiger partial charge in [0.05, 0.1) is 11.7 Å². The Morgan fingerprint density at radius 3 is 3.36 bits per heavy atom. The van der Waals surface area contributed by atoms with Gasteiger partial charge in [-0.15, -0.1) is 11.3 Å². The third-order valence-electron chi connectivity index (χ3n) is 2.82. The fourth-order valence-electron chi connectivity index (χ4n) is 2.08. The van der Waals surface area contributed by atoms with Crippen LogP contribution in [0.1, 0.15) is 31.0 Å². The van der Waals surface area contributed by atoms with Gasteiger partial charge in [0.1, 0.15) is 11.2 Å². The van der Waals surface area contributed by atoms with Crippen molar-refractivity contribution in [1.82, 2.24) is 14.7 Å². The first-order valence-corrected chi connectivity index (χ1v) is 5.96. The molecule has 1 saturated heterocycles. The second kappa shape index (κ2) is 3.37. The van der Waals surface area contributed by atoms with Crippen LogP contribution in [-0.2, 0) is 0 Å². The molecule has 0 saturated carbocycles. The molecule has 4 heteroatoms. The van der Waals surface area contributed by atoms with E-state index in [9.17, 15) is 0 Å². The van der Waals surface area contributed by atoms with Crippen molar-refractivity contribution in [3.05, 3.63) is 23.6 Å². The van der Waals surface area contributed by atoms with E-state index in [4.69, 9.17) is 0 Å². The lowest BCUT2D eigenvalue weighted by atomic mass is 10.0. The number of hydrogen-bond acceptors (Lipinski definition) is 3. The summed E-state index contributed by atoms with van der Waals surface area (Å²) >= 11 is 1.77. The molecule has 1 fully saturated rings. The molecular weight excluding hydrogens is 194 g/mol. The third-order valence-corrected chi connectivity index (χ3v) is 3.72. The largest absolute Gasteiger partial charge is 0.309 e. The molecule has 0 bridgehead atoms. The van der Waals surface area contributed by atoms with Gasteiger partial charge in [0.2, 0.25) is 0 Å². The topological polar surface area (TPSA) is 29.3 Å². The highest BCUT2D eigenvalue weighted by Gasteiger charge is 2.19. The van der Waals surface area contributed by atoms with Crippen LogP contribution in [0.4, 0.5) is 0 Å². The normalized spacial score (nSPS) is 23.0. The monoisotopic (exact) mass is 207 g/mol. The number of rotatable bonds is 1. The first kappa shape index (κ1) is 8.44. The van der Waals surface area contributed by atoms with Crippen LogP contribution in [0.2, 0.25) is 0 Å². The number of nitrogens with one attached hydrogen (secondary N) is 1. The molecule has 0 radical (unpaired) electrons. The molecule has 0 aliphatic carbocycles. The molecule has 0 spiro atoms. The van der Waals surface area contributed by atoms with Crippen LogP contribution in [0.25, 0.3) is 4.83 Å². The summed E-state index contributed by atoms with van der Waals surface area (Å²) in [5.74, 6) is 0. The van der Waals surface area contributed by atoms with Gasteiger partial charge in [-0.25, -0.2) is 4.98 Å². The lowest BCUT2D eigenvalue weighted by Gasteiger charge is -2.21. The van der Waals surface area contributed by atoms with Crippen LogP contribution in [0.3, 0.4) is 0 Å². The van der Waals surface area contributed by atoms with Crippen LogP contribution in [0, 0.1) is 0 Å². The van der Waals surface area contributed by atoms with Gasteiger partial charge in [0.25, 0.3) is 0 Å². The van der Waals surface area contributed by atoms with Crippen molar-refractivity contribution in [3.63, 3.8) is 0 Å². The summed E-state index contributed by atoms with van der Waals surface area (Å²) in [4.78, 5) is 5.79. The van der Waals surface area contributed by atoms with Crippen molar-refractivity contribution in [2.45, 2.75) is 25.3 Å². The predicted octanol–water partition coefficient (Wildman–Crippen LogP) is 2.21. The number of nitrogens with zero attached hydrogens (tertiary/aromatic N) is 2. The summed E-state index contributed by atoms with van der Waals surface area (Å²) in [5, 5.41) is 5.65. The van der Waals surface area contributed by atoms with E-state index >= 15 is 0 Å². The maximum Gasteiger partial charge on any atom is 0.124 e. The maximum absolute atomic E-state index is 4.49. The smallest absolute Gasteiger partial charge is 0.124 e. The molecule has 1 atom stereocenters. The number of imidazole rings is 1. The lowest BCUT2D eigenvalue weighted by molar-refractivity contribution is 0.408. The van der Waals surface area contributed by atoms with E-state index < -0.39 is 0 Å². The van der Waals surface area contributed by atoms with Crippen molar-refractivity contribution in [2.24, 2.45) is 0 Å². The predicted molar refractivity (Wildman–Crippen MR) is 57.7 cm³/mol. The second-order valence-corrected chi connectivity index (χ2v) is 4.64. The highest BCUT2D eigenvalue weighted by molar-refractivity contribution is 7.15. The van der Waals surface area contributed by atoms with Crippen LogP contribution in [0.15, 0.2) is 17.9 Å². The number of aromatic nitrogens is 2. The average Bonchev–Trinajstić information content (AvgIpc) is 2.79. The van der Waals surface area contributed by atoms with Crippen molar-refractivity contribution in [1.29, 1.82) is 0 Å². The van der Waals surface area contributed by atoms with Gasteiger partial charge in [-0.3, -0.25) is 4.40 Å². The number of fused-ring (bicyclic) bond motifs is 1. The highest BCUT2D eigenvalue weighted by atomic mass is 32.1. The lowest BCUT2D eigenvalue weighted by Crippen LogP contribution is -2.27. The van der Waals surface area contributed by atoms with Crippen molar-refractivity contribution in [2.75, 3.05) is 6.54 Å². The van der Waals surface area contributed by atoms with Crippen LogP contribution >= 0.6 is 11.3 Å². The molecule has 3 rings (SSSR count). The van der Waals surface area contributed by atoms with Crippen LogP contribution < -0.4 is 5.32 Å². The number of hydrogen-bond donors (Lipinski definition) is 1. The average molecular weight is 207 g/mol. The second-order valence-electron chi connectivity index (χ2n) is 3.75. The highest BCUT2D eigenvalue weighted by Crippen LogP contribution is 2.27. The van der Waals surface area contributed by atoms with Crippen LogP contribution in [-0.4, -0.2) is 15.9 Å². The third kappa shape index (κ3) is 1.26. The zero-order valence-electron chi connectivity index (χ0n) is 7.94. The fraction of sp³-hybridized carbons (Fsp3) is 0.500. The maximum atomic E-state index is 4.49. The van der Waals surface area contributed by atoms with Crippen molar-refractivity contribution < 1.29 is 0 Å². The standard InChI is InChI=1S/C10H13N3S/c1-2-4-11-8(3-1)9-10-13(7-12-9)5-6-14-10/h5-8,11H,1-4H2. The van der Waals surface area contributed by atoms with E-state index in [0.717, 1.165) is 6.54 Å². The van der Waals surface area contributed by atoms with Gasteiger partial charge in [-0.2, -0.15) is 0 Å². The number of thiazole rings is 1. The Kier molecular flexibility index (Phi) is 2.03. The molecule has 2 aromatic heterocycles. The quantitative estimate of drug-likeness (QED) is 0.777. The first-order valence-electron chi connectivity index (χ1n) is 5.08. The van der Waals surface area contributed by atoms with E-state index in [-0.39, 0.29) is 0 Å². The van der Waals surface area contributed by atoms with Gasteiger partial charge in [0.15, 0.2) is 0 Å². The van der Waals surface area contributed by atoms with Gasteiger partial charge in [-0.05, 0) is 19.4 Å². The Morgan fingerprint density at radius 1 is 1.50 bits per heavy atom. The first-order chi connectivity index (χ1) is 6.95. The van der Waals surface area contributed by atoms with Gasteiger partial charge in [0, 0.05) is 11.6 Å².